The Morgan fingerprint density at radius 2 is 2.00 bits per heavy atom. The first kappa shape index (κ1) is 19.8. The maximum Gasteiger partial charge on any atom is 0.251 e. The van der Waals surface area contributed by atoms with Gasteiger partial charge in [-0.3, -0.25) is 9.48 Å². The number of carbonyl (C=O) groups is 1. The highest BCUT2D eigenvalue weighted by molar-refractivity contribution is 5.95. The highest BCUT2D eigenvalue weighted by atomic mass is 16.5. The molecule has 1 saturated carbocycles. The monoisotopic (exact) mass is 398 g/mol. The molecule has 2 aliphatic rings. The van der Waals surface area contributed by atoms with Gasteiger partial charge in [0.15, 0.2) is 11.5 Å². The van der Waals surface area contributed by atoms with Crippen molar-refractivity contribution in [1.29, 1.82) is 0 Å². The zero-order valence-corrected chi connectivity index (χ0v) is 17.0. The van der Waals surface area contributed by atoms with Crippen LogP contribution in [0.5, 0.6) is 11.5 Å². The number of likely N-dealkylation sites (tertiary alicyclic amines) is 1. The van der Waals surface area contributed by atoms with Crippen molar-refractivity contribution >= 4 is 5.91 Å². The van der Waals surface area contributed by atoms with Gasteiger partial charge in [0.2, 0.25) is 0 Å². The maximum absolute atomic E-state index is 12.3. The molecule has 7 heteroatoms. The summed E-state index contributed by atoms with van der Waals surface area (Å²) in [5.41, 5.74) is 0.628. The van der Waals surface area contributed by atoms with Crippen LogP contribution in [0.3, 0.4) is 0 Å². The number of ether oxygens (including phenoxy) is 2. The van der Waals surface area contributed by atoms with E-state index in [0.717, 1.165) is 58.3 Å². The van der Waals surface area contributed by atoms with Crippen molar-refractivity contribution in [2.24, 2.45) is 0 Å². The molecule has 0 spiro atoms. The molecule has 2 fully saturated rings. The summed E-state index contributed by atoms with van der Waals surface area (Å²) in [4.78, 5) is 14.8. The van der Waals surface area contributed by atoms with Crippen LogP contribution in [0, 0.1) is 0 Å². The number of hydrogen-bond donors (Lipinski definition) is 1. The van der Waals surface area contributed by atoms with Crippen molar-refractivity contribution < 1.29 is 14.3 Å². The summed E-state index contributed by atoms with van der Waals surface area (Å²) in [7, 11) is 1.63. The number of nitrogens with zero attached hydrogens (tertiary/aromatic N) is 3. The lowest BCUT2D eigenvalue weighted by molar-refractivity contribution is 0.0932. The third-order valence-electron chi connectivity index (χ3n) is 5.59. The van der Waals surface area contributed by atoms with Crippen LogP contribution in [0.1, 0.15) is 42.5 Å². The fourth-order valence-corrected chi connectivity index (χ4v) is 3.73. The van der Waals surface area contributed by atoms with E-state index in [4.69, 9.17) is 9.47 Å². The summed E-state index contributed by atoms with van der Waals surface area (Å²) in [6.45, 7) is 4.07. The molecule has 7 nitrogen and oxygen atoms in total. The molecule has 1 aliphatic carbocycles. The number of hydrogen-bond acceptors (Lipinski definition) is 5. The van der Waals surface area contributed by atoms with E-state index >= 15 is 0 Å². The standard InChI is InChI=1S/C22H30N4O3/c1-28-20-7-4-17(22(27)24-18-5-6-18)16-21(20)29-19-8-14-25(15-9-19)11-3-13-26-12-2-10-23-26/h2,4,7,10,12,16,18-19H,3,5-6,8-9,11,13-15H2,1H3,(H,24,27). The number of nitrogens with one attached hydrogen (secondary N) is 1. The van der Waals surface area contributed by atoms with Crippen LogP contribution >= 0.6 is 0 Å². The van der Waals surface area contributed by atoms with Gasteiger partial charge in [-0.2, -0.15) is 5.10 Å². The van der Waals surface area contributed by atoms with Crippen LogP contribution in [0.25, 0.3) is 0 Å². The molecule has 0 radical (unpaired) electrons. The fourth-order valence-electron chi connectivity index (χ4n) is 3.73. The molecule has 1 N–H and O–H groups in total. The second-order valence-corrected chi connectivity index (χ2v) is 7.89. The Kier molecular flexibility index (Phi) is 6.34. The molecular formula is C22H30N4O3. The minimum Gasteiger partial charge on any atom is -0.493 e. The van der Waals surface area contributed by atoms with Gasteiger partial charge in [0, 0.05) is 43.6 Å². The van der Waals surface area contributed by atoms with Crippen LogP contribution in [0.15, 0.2) is 36.7 Å². The first-order chi connectivity index (χ1) is 14.2. The second kappa shape index (κ2) is 9.31. The van der Waals surface area contributed by atoms with E-state index in [-0.39, 0.29) is 12.0 Å². The lowest BCUT2D eigenvalue weighted by Crippen LogP contribution is -2.39. The van der Waals surface area contributed by atoms with Gasteiger partial charge in [-0.15, -0.1) is 0 Å². The summed E-state index contributed by atoms with van der Waals surface area (Å²) in [5, 5.41) is 7.28. The van der Waals surface area contributed by atoms with Crippen LogP contribution < -0.4 is 14.8 Å². The van der Waals surface area contributed by atoms with Crippen LogP contribution in [0.4, 0.5) is 0 Å². The van der Waals surface area contributed by atoms with Gasteiger partial charge in [0.1, 0.15) is 6.10 Å². The minimum absolute atomic E-state index is 0.0352. The number of aromatic nitrogens is 2. The summed E-state index contributed by atoms with van der Waals surface area (Å²) < 4.78 is 13.7. The Hall–Kier alpha value is -2.54. The van der Waals surface area contributed by atoms with E-state index in [2.05, 4.69) is 15.3 Å². The summed E-state index contributed by atoms with van der Waals surface area (Å²) >= 11 is 0. The Labute approximate surface area is 172 Å². The predicted molar refractivity (Wildman–Crippen MR) is 110 cm³/mol. The van der Waals surface area contributed by atoms with E-state index in [1.54, 1.807) is 13.2 Å². The number of amides is 1. The molecule has 29 heavy (non-hydrogen) atoms. The summed E-state index contributed by atoms with van der Waals surface area (Å²) in [6, 6.07) is 7.73. The van der Waals surface area contributed by atoms with Crippen LogP contribution in [-0.2, 0) is 6.54 Å². The van der Waals surface area contributed by atoms with Crippen molar-refractivity contribution in [1.82, 2.24) is 20.0 Å². The Bertz CT molecular complexity index is 796. The molecule has 1 aliphatic heterocycles. The van der Waals surface area contributed by atoms with Gasteiger partial charge >= 0.3 is 0 Å². The third kappa shape index (κ3) is 5.50. The lowest BCUT2D eigenvalue weighted by atomic mass is 10.1. The zero-order valence-electron chi connectivity index (χ0n) is 17.0. The molecule has 0 atom stereocenters. The van der Waals surface area contributed by atoms with Gasteiger partial charge in [0.25, 0.3) is 5.91 Å². The maximum atomic E-state index is 12.3. The van der Waals surface area contributed by atoms with Gasteiger partial charge in [-0.1, -0.05) is 0 Å². The molecule has 2 heterocycles. The second-order valence-electron chi connectivity index (χ2n) is 7.89. The van der Waals surface area contributed by atoms with Crippen molar-refractivity contribution in [3.8, 4) is 11.5 Å². The smallest absolute Gasteiger partial charge is 0.251 e. The molecule has 0 bridgehead atoms. The normalized spacial score (nSPS) is 17.8. The highest BCUT2D eigenvalue weighted by Gasteiger charge is 2.25. The molecule has 2 aromatic rings. The molecule has 0 unspecified atom stereocenters. The lowest BCUT2D eigenvalue weighted by Gasteiger charge is -2.32. The first-order valence-electron chi connectivity index (χ1n) is 10.6. The topological polar surface area (TPSA) is 68.6 Å². The minimum atomic E-state index is -0.0352. The predicted octanol–water partition coefficient (Wildman–Crippen LogP) is 2.72. The number of aryl methyl sites for hydroxylation is 1. The SMILES string of the molecule is COc1ccc(C(=O)NC2CC2)cc1OC1CCN(CCCn2cccn2)CC1. The number of piperidine rings is 1. The molecule has 4 rings (SSSR count). The molecule has 1 aromatic carbocycles. The Morgan fingerprint density at radius 1 is 1.17 bits per heavy atom. The molecule has 1 saturated heterocycles. The van der Waals surface area contributed by atoms with Crippen molar-refractivity contribution in [2.75, 3.05) is 26.7 Å². The average molecular weight is 399 g/mol. The van der Waals surface area contributed by atoms with E-state index in [0.29, 0.717) is 23.1 Å². The van der Waals surface area contributed by atoms with Crippen molar-refractivity contribution in [3.05, 3.63) is 42.2 Å². The van der Waals surface area contributed by atoms with Gasteiger partial charge < -0.3 is 19.7 Å². The largest absolute Gasteiger partial charge is 0.493 e. The number of carbonyl (C=O) groups excluding carboxylic acids is 1. The van der Waals surface area contributed by atoms with Gasteiger partial charge in [-0.25, -0.2) is 0 Å². The number of benzene rings is 1. The molecule has 1 aromatic heterocycles. The van der Waals surface area contributed by atoms with E-state index in [1.807, 2.05) is 35.3 Å². The quantitative estimate of drug-likeness (QED) is 0.703. The van der Waals surface area contributed by atoms with Crippen LogP contribution in [-0.4, -0.2) is 59.5 Å². The van der Waals surface area contributed by atoms with E-state index in [9.17, 15) is 4.79 Å². The molecule has 1 amide bonds. The number of rotatable bonds is 9. The first-order valence-corrected chi connectivity index (χ1v) is 10.6. The fraction of sp³-hybridized carbons (Fsp3) is 0.545. The third-order valence-corrected chi connectivity index (χ3v) is 5.59. The Balaban J connectivity index is 1.27. The molecule has 156 valence electrons. The molecular weight excluding hydrogens is 368 g/mol. The Morgan fingerprint density at radius 3 is 2.69 bits per heavy atom. The summed E-state index contributed by atoms with van der Waals surface area (Å²) in [6.07, 6.45) is 9.17. The number of methoxy groups -OCH3 is 1. The summed E-state index contributed by atoms with van der Waals surface area (Å²) in [5.74, 6) is 1.30. The van der Waals surface area contributed by atoms with Crippen LogP contribution in [0.2, 0.25) is 0 Å². The van der Waals surface area contributed by atoms with E-state index < -0.39 is 0 Å². The van der Waals surface area contributed by atoms with E-state index in [1.165, 1.54) is 0 Å². The van der Waals surface area contributed by atoms with Gasteiger partial charge in [-0.05, 0) is 62.9 Å². The van der Waals surface area contributed by atoms with Crippen molar-refractivity contribution in [3.63, 3.8) is 0 Å². The zero-order chi connectivity index (χ0) is 20.1. The van der Waals surface area contributed by atoms with Crippen molar-refractivity contribution in [2.45, 2.75) is 50.8 Å². The average Bonchev–Trinajstić information content (AvgIpc) is 3.40. The van der Waals surface area contributed by atoms with Gasteiger partial charge in [0.05, 0.1) is 7.11 Å². The highest BCUT2D eigenvalue weighted by Crippen LogP contribution is 2.31.